The molecule has 2 heterocycles. The first-order valence-corrected chi connectivity index (χ1v) is 6.63. The number of hydrogen-bond donors (Lipinski definition) is 2. The molecule has 2 aromatic rings. The second-order valence-corrected chi connectivity index (χ2v) is 5.08. The lowest BCUT2D eigenvalue weighted by molar-refractivity contribution is -0.141. The summed E-state index contributed by atoms with van der Waals surface area (Å²) in [7, 11) is 0. The highest BCUT2D eigenvalue weighted by Gasteiger charge is 2.39. The Bertz CT molecular complexity index is 710. The molecule has 108 valence electrons. The number of carboxylic acid groups (broad SMARTS) is 1. The van der Waals surface area contributed by atoms with Gasteiger partial charge in [0.15, 0.2) is 0 Å². The maximum atomic E-state index is 12.6. The van der Waals surface area contributed by atoms with Crippen LogP contribution in [0.5, 0.6) is 0 Å². The predicted molar refractivity (Wildman–Crippen MR) is 74.8 cm³/mol. The molecule has 1 aliphatic rings. The van der Waals surface area contributed by atoms with Gasteiger partial charge in [0.05, 0.1) is 6.10 Å². The van der Waals surface area contributed by atoms with E-state index in [4.69, 9.17) is 0 Å². The number of likely N-dealkylation sites (tertiary alicyclic amines) is 1. The molecule has 0 radical (unpaired) electrons. The van der Waals surface area contributed by atoms with Gasteiger partial charge in [-0.05, 0) is 11.5 Å². The van der Waals surface area contributed by atoms with Gasteiger partial charge in [0.25, 0.3) is 5.91 Å². The summed E-state index contributed by atoms with van der Waals surface area (Å²) >= 11 is 0. The summed E-state index contributed by atoms with van der Waals surface area (Å²) in [6.45, 7) is 0.0146. The molecule has 1 amide bonds. The largest absolute Gasteiger partial charge is 0.480 e. The van der Waals surface area contributed by atoms with Crippen LogP contribution in [0.2, 0.25) is 0 Å². The first-order valence-electron chi connectivity index (χ1n) is 6.63. The standard InChI is InChI=1S/C15H14N2O4/c18-10-7-12(15(20)21)17(8-10)14(19)13-11-4-2-1-3-9(11)5-6-16-13/h1-6,10,12,18H,7-8H2,(H,20,21)/t10?,12-/m0/s1. The number of benzene rings is 1. The number of hydrogen-bond acceptors (Lipinski definition) is 4. The van der Waals surface area contributed by atoms with E-state index in [2.05, 4.69) is 4.98 Å². The third-order valence-electron chi connectivity index (χ3n) is 3.70. The Kier molecular flexibility index (Phi) is 3.31. The summed E-state index contributed by atoms with van der Waals surface area (Å²) in [4.78, 5) is 29.1. The van der Waals surface area contributed by atoms with Crippen LogP contribution in [0, 0.1) is 0 Å². The van der Waals surface area contributed by atoms with E-state index in [0.29, 0.717) is 5.39 Å². The number of aliphatic hydroxyl groups is 1. The molecule has 1 aliphatic heterocycles. The Morgan fingerprint density at radius 2 is 2.00 bits per heavy atom. The lowest BCUT2D eigenvalue weighted by atomic mass is 10.1. The van der Waals surface area contributed by atoms with Crippen molar-refractivity contribution in [2.24, 2.45) is 0 Å². The number of nitrogens with zero attached hydrogens (tertiary/aromatic N) is 2. The summed E-state index contributed by atoms with van der Waals surface area (Å²) in [5.74, 6) is -1.57. The SMILES string of the molecule is O=C(O)[C@@H]1CC(O)CN1C(=O)c1nccc2ccccc12. The number of carbonyl (C=O) groups excluding carboxylic acids is 1. The fourth-order valence-electron chi connectivity index (χ4n) is 2.70. The van der Waals surface area contributed by atoms with Crippen LogP contribution in [0.15, 0.2) is 36.5 Å². The zero-order valence-electron chi connectivity index (χ0n) is 11.1. The molecule has 1 aromatic carbocycles. The number of aliphatic hydroxyl groups excluding tert-OH is 1. The number of pyridine rings is 1. The van der Waals surface area contributed by atoms with Gasteiger partial charge in [-0.15, -0.1) is 0 Å². The van der Waals surface area contributed by atoms with Crippen LogP contribution in [0.1, 0.15) is 16.9 Å². The molecule has 1 aromatic heterocycles. The van der Waals surface area contributed by atoms with E-state index in [1.165, 1.54) is 11.1 Å². The Labute approximate surface area is 120 Å². The zero-order valence-corrected chi connectivity index (χ0v) is 11.1. The molecule has 6 nitrogen and oxygen atoms in total. The van der Waals surface area contributed by atoms with Crippen LogP contribution in [0.4, 0.5) is 0 Å². The molecule has 0 spiro atoms. The average Bonchev–Trinajstić information content (AvgIpc) is 2.88. The van der Waals surface area contributed by atoms with Crippen molar-refractivity contribution in [2.45, 2.75) is 18.6 Å². The van der Waals surface area contributed by atoms with Crippen LogP contribution >= 0.6 is 0 Å². The molecule has 21 heavy (non-hydrogen) atoms. The Morgan fingerprint density at radius 1 is 1.24 bits per heavy atom. The minimum absolute atomic E-state index is 0.0146. The molecular weight excluding hydrogens is 272 g/mol. The quantitative estimate of drug-likeness (QED) is 0.855. The lowest BCUT2D eigenvalue weighted by Gasteiger charge is -2.21. The molecule has 0 bridgehead atoms. The van der Waals surface area contributed by atoms with Gasteiger partial charge in [0.1, 0.15) is 11.7 Å². The van der Waals surface area contributed by atoms with Crippen LogP contribution in [-0.4, -0.2) is 50.7 Å². The Hall–Kier alpha value is -2.47. The number of carbonyl (C=O) groups is 2. The number of aliphatic carboxylic acids is 1. The zero-order chi connectivity index (χ0) is 15.0. The summed E-state index contributed by atoms with van der Waals surface area (Å²) in [5.41, 5.74) is 0.216. The molecule has 1 unspecified atom stereocenters. The Morgan fingerprint density at radius 3 is 2.76 bits per heavy atom. The van der Waals surface area contributed by atoms with Gasteiger partial charge in [-0.2, -0.15) is 0 Å². The normalized spacial score (nSPS) is 21.7. The van der Waals surface area contributed by atoms with Gasteiger partial charge in [0.2, 0.25) is 0 Å². The van der Waals surface area contributed by atoms with Crippen molar-refractivity contribution in [1.82, 2.24) is 9.88 Å². The number of rotatable bonds is 2. The minimum Gasteiger partial charge on any atom is -0.480 e. The van der Waals surface area contributed by atoms with E-state index in [9.17, 15) is 19.8 Å². The van der Waals surface area contributed by atoms with Gasteiger partial charge < -0.3 is 15.1 Å². The molecular formula is C15H14N2O4. The fraction of sp³-hybridized carbons (Fsp3) is 0.267. The number of aromatic nitrogens is 1. The number of carboxylic acids is 1. The maximum absolute atomic E-state index is 12.6. The van der Waals surface area contributed by atoms with E-state index < -0.39 is 24.0 Å². The first-order chi connectivity index (χ1) is 10.1. The average molecular weight is 286 g/mol. The van der Waals surface area contributed by atoms with Crippen LogP contribution < -0.4 is 0 Å². The maximum Gasteiger partial charge on any atom is 0.326 e. The molecule has 2 N–H and O–H groups in total. The topological polar surface area (TPSA) is 90.7 Å². The van der Waals surface area contributed by atoms with Gasteiger partial charge in [-0.1, -0.05) is 24.3 Å². The Balaban J connectivity index is 2.02. The van der Waals surface area contributed by atoms with Crippen LogP contribution in [-0.2, 0) is 4.79 Å². The van der Waals surface area contributed by atoms with E-state index in [1.807, 2.05) is 12.1 Å². The smallest absolute Gasteiger partial charge is 0.326 e. The monoisotopic (exact) mass is 286 g/mol. The van der Waals surface area contributed by atoms with Crippen molar-refractivity contribution >= 4 is 22.6 Å². The summed E-state index contributed by atoms with van der Waals surface area (Å²) in [6.07, 6.45) is 0.758. The highest BCUT2D eigenvalue weighted by atomic mass is 16.4. The molecule has 2 atom stereocenters. The fourth-order valence-corrected chi connectivity index (χ4v) is 2.70. The van der Waals surface area contributed by atoms with Crippen molar-refractivity contribution in [3.63, 3.8) is 0 Å². The van der Waals surface area contributed by atoms with Crippen molar-refractivity contribution in [1.29, 1.82) is 0 Å². The molecule has 1 saturated heterocycles. The van der Waals surface area contributed by atoms with Crippen molar-refractivity contribution in [3.05, 3.63) is 42.2 Å². The predicted octanol–water partition coefficient (Wildman–Crippen LogP) is 0.895. The molecule has 6 heteroatoms. The van der Waals surface area contributed by atoms with Gasteiger partial charge in [0, 0.05) is 24.5 Å². The van der Waals surface area contributed by atoms with Crippen molar-refractivity contribution < 1.29 is 19.8 Å². The van der Waals surface area contributed by atoms with Crippen LogP contribution in [0.3, 0.4) is 0 Å². The number of β-amino-alcohol motifs (C(OH)–C–C–N with tert-alkyl or cyclic N) is 1. The highest BCUT2D eigenvalue weighted by Crippen LogP contribution is 2.23. The van der Waals surface area contributed by atoms with E-state index in [-0.39, 0.29) is 18.7 Å². The minimum atomic E-state index is -1.11. The van der Waals surface area contributed by atoms with Crippen LogP contribution in [0.25, 0.3) is 10.8 Å². The molecule has 0 saturated carbocycles. The van der Waals surface area contributed by atoms with Gasteiger partial charge >= 0.3 is 5.97 Å². The summed E-state index contributed by atoms with van der Waals surface area (Å²) in [5, 5.41) is 20.4. The van der Waals surface area contributed by atoms with E-state index in [0.717, 1.165) is 5.39 Å². The van der Waals surface area contributed by atoms with Crippen molar-refractivity contribution in [2.75, 3.05) is 6.54 Å². The van der Waals surface area contributed by atoms with E-state index in [1.54, 1.807) is 18.2 Å². The number of fused-ring (bicyclic) bond motifs is 1. The highest BCUT2D eigenvalue weighted by molar-refractivity contribution is 6.06. The third-order valence-corrected chi connectivity index (χ3v) is 3.70. The lowest BCUT2D eigenvalue weighted by Crippen LogP contribution is -2.41. The van der Waals surface area contributed by atoms with Gasteiger partial charge in [-0.3, -0.25) is 9.78 Å². The first kappa shape index (κ1) is 13.5. The van der Waals surface area contributed by atoms with Gasteiger partial charge in [-0.25, -0.2) is 4.79 Å². The molecule has 0 aliphatic carbocycles. The van der Waals surface area contributed by atoms with E-state index >= 15 is 0 Å². The molecule has 1 fully saturated rings. The second kappa shape index (κ2) is 5.14. The number of amides is 1. The second-order valence-electron chi connectivity index (χ2n) is 5.08. The summed E-state index contributed by atoms with van der Waals surface area (Å²) < 4.78 is 0. The molecule has 3 rings (SSSR count). The summed E-state index contributed by atoms with van der Waals surface area (Å²) in [6, 6.07) is 8.08. The van der Waals surface area contributed by atoms with Crippen molar-refractivity contribution in [3.8, 4) is 0 Å². The third kappa shape index (κ3) is 2.34.